The van der Waals surface area contributed by atoms with E-state index >= 15 is 0 Å². The molecule has 0 spiro atoms. The van der Waals surface area contributed by atoms with Crippen LogP contribution in [-0.2, 0) is 6.61 Å². The van der Waals surface area contributed by atoms with Gasteiger partial charge in [0.2, 0.25) is 0 Å². The topological polar surface area (TPSA) is 61.0 Å². The maximum Gasteiger partial charge on any atom is 0.142 e. The van der Waals surface area contributed by atoms with Gasteiger partial charge in [-0.3, -0.25) is 4.98 Å². The maximum absolute atomic E-state index is 5.66. The zero-order valence-corrected chi connectivity index (χ0v) is 11.5. The first-order chi connectivity index (χ1) is 9.81. The standard InChI is InChI=1S/C15H13N3OS/c16-11-4-6-13(7-5-11)19-9-12-10-20-15(18-12)14-3-1-2-8-17-14/h1-8,10H,9,16H2. The van der Waals surface area contributed by atoms with E-state index in [1.54, 1.807) is 17.5 Å². The summed E-state index contributed by atoms with van der Waals surface area (Å²) >= 11 is 1.57. The van der Waals surface area contributed by atoms with Gasteiger partial charge >= 0.3 is 0 Å². The van der Waals surface area contributed by atoms with E-state index in [0.717, 1.165) is 27.8 Å². The lowest BCUT2D eigenvalue weighted by Gasteiger charge is -2.03. The van der Waals surface area contributed by atoms with Gasteiger partial charge in [-0.1, -0.05) is 6.07 Å². The Labute approximate surface area is 120 Å². The summed E-state index contributed by atoms with van der Waals surface area (Å²) in [5.74, 6) is 0.784. The van der Waals surface area contributed by atoms with Crippen LogP contribution in [-0.4, -0.2) is 9.97 Å². The van der Waals surface area contributed by atoms with Gasteiger partial charge in [-0.15, -0.1) is 11.3 Å². The number of nitrogen functional groups attached to an aromatic ring is 1. The Bertz CT molecular complexity index is 680. The molecule has 2 heterocycles. The number of hydrogen-bond acceptors (Lipinski definition) is 5. The van der Waals surface area contributed by atoms with Gasteiger partial charge in [-0.25, -0.2) is 4.98 Å². The molecule has 0 amide bonds. The smallest absolute Gasteiger partial charge is 0.142 e. The molecule has 2 aromatic heterocycles. The summed E-state index contributed by atoms with van der Waals surface area (Å²) < 4.78 is 5.66. The van der Waals surface area contributed by atoms with Gasteiger partial charge in [0.1, 0.15) is 17.4 Å². The third-order valence-corrected chi connectivity index (χ3v) is 3.62. The first-order valence-electron chi connectivity index (χ1n) is 6.15. The van der Waals surface area contributed by atoms with Gasteiger partial charge in [-0.05, 0) is 36.4 Å². The first-order valence-corrected chi connectivity index (χ1v) is 7.03. The lowest BCUT2D eigenvalue weighted by molar-refractivity contribution is 0.302. The fraction of sp³-hybridized carbons (Fsp3) is 0.0667. The van der Waals surface area contributed by atoms with Crippen molar-refractivity contribution >= 4 is 17.0 Å². The second-order valence-electron chi connectivity index (χ2n) is 4.22. The van der Waals surface area contributed by atoms with Crippen LogP contribution in [0.3, 0.4) is 0 Å². The Balaban J connectivity index is 1.67. The van der Waals surface area contributed by atoms with Crippen LogP contribution >= 0.6 is 11.3 Å². The van der Waals surface area contributed by atoms with Crippen LogP contribution in [0, 0.1) is 0 Å². The molecule has 5 heteroatoms. The number of ether oxygens (including phenoxy) is 1. The van der Waals surface area contributed by atoms with E-state index in [0.29, 0.717) is 6.61 Å². The van der Waals surface area contributed by atoms with Crippen molar-refractivity contribution in [1.29, 1.82) is 0 Å². The first kappa shape index (κ1) is 12.6. The number of benzene rings is 1. The van der Waals surface area contributed by atoms with Crippen molar-refractivity contribution in [1.82, 2.24) is 9.97 Å². The van der Waals surface area contributed by atoms with Gasteiger partial charge in [0.05, 0.1) is 11.4 Å². The Kier molecular flexibility index (Phi) is 3.60. The van der Waals surface area contributed by atoms with Crippen LogP contribution in [0.15, 0.2) is 54.0 Å². The number of pyridine rings is 1. The lowest BCUT2D eigenvalue weighted by atomic mass is 10.3. The average molecular weight is 283 g/mol. The van der Waals surface area contributed by atoms with Gasteiger partial charge < -0.3 is 10.5 Å². The fourth-order valence-electron chi connectivity index (χ4n) is 1.70. The van der Waals surface area contributed by atoms with Crippen LogP contribution in [0.25, 0.3) is 10.7 Å². The number of thiazole rings is 1. The van der Waals surface area contributed by atoms with Crippen molar-refractivity contribution in [3.8, 4) is 16.5 Å². The molecule has 0 aliphatic rings. The lowest BCUT2D eigenvalue weighted by Crippen LogP contribution is -1.96. The molecular formula is C15H13N3OS. The third-order valence-electron chi connectivity index (χ3n) is 2.70. The van der Waals surface area contributed by atoms with Crippen LogP contribution in [0.2, 0.25) is 0 Å². The maximum atomic E-state index is 5.66. The second-order valence-corrected chi connectivity index (χ2v) is 5.07. The van der Waals surface area contributed by atoms with Crippen LogP contribution in [0.1, 0.15) is 5.69 Å². The molecule has 0 aliphatic carbocycles. The molecule has 1 aromatic carbocycles. The van der Waals surface area contributed by atoms with E-state index in [1.807, 2.05) is 47.8 Å². The number of nitrogens with two attached hydrogens (primary N) is 1. The summed E-state index contributed by atoms with van der Waals surface area (Å²) in [6, 6.07) is 13.1. The summed E-state index contributed by atoms with van der Waals surface area (Å²) in [7, 11) is 0. The molecule has 0 aliphatic heterocycles. The average Bonchev–Trinajstić information content (AvgIpc) is 2.97. The Morgan fingerprint density at radius 3 is 2.70 bits per heavy atom. The summed E-state index contributed by atoms with van der Waals surface area (Å²) in [4.78, 5) is 8.80. The molecule has 0 bridgehead atoms. The quantitative estimate of drug-likeness (QED) is 0.746. The molecule has 0 saturated heterocycles. The summed E-state index contributed by atoms with van der Waals surface area (Å²) in [5.41, 5.74) is 8.14. The van der Waals surface area contributed by atoms with E-state index in [9.17, 15) is 0 Å². The molecule has 3 rings (SSSR count). The number of anilines is 1. The number of aromatic nitrogens is 2. The van der Waals surface area contributed by atoms with E-state index in [2.05, 4.69) is 9.97 Å². The molecule has 2 N–H and O–H groups in total. The van der Waals surface area contributed by atoms with Crippen molar-refractivity contribution in [2.75, 3.05) is 5.73 Å². The summed E-state index contributed by atoms with van der Waals surface area (Å²) in [6.45, 7) is 0.438. The SMILES string of the molecule is Nc1ccc(OCc2csc(-c3ccccn3)n2)cc1. The highest BCUT2D eigenvalue weighted by atomic mass is 32.1. The highest BCUT2D eigenvalue weighted by Gasteiger charge is 2.06. The third kappa shape index (κ3) is 2.95. The normalized spacial score (nSPS) is 10.4. The molecule has 0 saturated carbocycles. The number of nitrogens with zero attached hydrogens (tertiary/aromatic N) is 2. The Hall–Kier alpha value is -2.40. The second kappa shape index (κ2) is 5.71. The van der Waals surface area contributed by atoms with Crippen molar-refractivity contribution in [3.05, 3.63) is 59.7 Å². The largest absolute Gasteiger partial charge is 0.487 e. The molecule has 0 radical (unpaired) electrons. The fourth-order valence-corrected chi connectivity index (χ4v) is 2.48. The summed E-state index contributed by atoms with van der Waals surface area (Å²) in [5, 5.41) is 2.89. The van der Waals surface area contributed by atoms with Crippen molar-refractivity contribution in [2.24, 2.45) is 0 Å². The van der Waals surface area contributed by atoms with Gasteiger partial charge in [0.25, 0.3) is 0 Å². The number of rotatable bonds is 4. The molecule has 0 fully saturated rings. The highest BCUT2D eigenvalue weighted by Crippen LogP contribution is 2.22. The summed E-state index contributed by atoms with van der Waals surface area (Å²) in [6.07, 6.45) is 1.77. The van der Waals surface area contributed by atoms with E-state index < -0.39 is 0 Å². The van der Waals surface area contributed by atoms with Gasteiger partial charge in [0, 0.05) is 17.3 Å². The monoisotopic (exact) mass is 283 g/mol. The van der Waals surface area contributed by atoms with Crippen molar-refractivity contribution in [2.45, 2.75) is 6.61 Å². The predicted octanol–water partition coefficient (Wildman–Crippen LogP) is 3.37. The Morgan fingerprint density at radius 1 is 1.10 bits per heavy atom. The zero-order valence-electron chi connectivity index (χ0n) is 10.7. The van der Waals surface area contributed by atoms with Crippen LogP contribution in [0.4, 0.5) is 5.69 Å². The van der Waals surface area contributed by atoms with E-state index in [4.69, 9.17) is 10.5 Å². The molecular weight excluding hydrogens is 270 g/mol. The minimum absolute atomic E-state index is 0.438. The molecule has 3 aromatic rings. The minimum Gasteiger partial charge on any atom is -0.487 e. The van der Waals surface area contributed by atoms with Gasteiger partial charge in [0.15, 0.2) is 0 Å². The molecule has 20 heavy (non-hydrogen) atoms. The van der Waals surface area contributed by atoms with E-state index in [1.165, 1.54) is 0 Å². The molecule has 0 atom stereocenters. The van der Waals surface area contributed by atoms with Crippen molar-refractivity contribution < 1.29 is 4.74 Å². The number of hydrogen-bond donors (Lipinski definition) is 1. The zero-order chi connectivity index (χ0) is 13.8. The Morgan fingerprint density at radius 2 is 1.95 bits per heavy atom. The minimum atomic E-state index is 0.438. The molecule has 0 unspecified atom stereocenters. The van der Waals surface area contributed by atoms with Gasteiger partial charge in [-0.2, -0.15) is 0 Å². The van der Waals surface area contributed by atoms with Crippen LogP contribution < -0.4 is 10.5 Å². The highest BCUT2D eigenvalue weighted by molar-refractivity contribution is 7.13. The predicted molar refractivity (Wildman–Crippen MR) is 80.5 cm³/mol. The van der Waals surface area contributed by atoms with Crippen LogP contribution in [0.5, 0.6) is 5.75 Å². The molecule has 4 nitrogen and oxygen atoms in total. The van der Waals surface area contributed by atoms with E-state index in [-0.39, 0.29) is 0 Å². The van der Waals surface area contributed by atoms with Crippen molar-refractivity contribution in [3.63, 3.8) is 0 Å². The molecule has 100 valence electrons.